The molecule has 0 N–H and O–H groups in total. The van der Waals surface area contributed by atoms with E-state index in [0.29, 0.717) is 0 Å². The average molecular weight is 507 g/mol. The van der Waals surface area contributed by atoms with Crippen molar-refractivity contribution >= 4 is 11.1 Å². The summed E-state index contributed by atoms with van der Waals surface area (Å²) in [5.74, 6) is 8.19. The van der Waals surface area contributed by atoms with Crippen molar-refractivity contribution in [3.05, 3.63) is 166 Å². The Morgan fingerprint density at radius 3 is 1.26 bits per heavy atom. The second-order valence-electron chi connectivity index (χ2n) is 12.2. The molecule has 4 aliphatic rings. The van der Waals surface area contributed by atoms with Crippen LogP contribution in [0.15, 0.2) is 60.7 Å². The lowest BCUT2D eigenvalue weighted by molar-refractivity contribution is 0.439. The van der Waals surface area contributed by atoms with Crippen molar-refractivity contribution in [1.29, 1.82) is 0 Å². The molecule has 0 aromatic heterocycles. The maximum atomic E-state index is 2.46. The molecule has 0 heterocycles. The Morgan fingerprint density at radius 2 is 0.872 bits per heavy atom. The summed E-state index contributed by atoms with van der Waals surface area (Å²) >= 11 is 0. The molecule has 0 nitrogen and oxygen atoms in total. The Bertz CT molecular complexity index is 1270. The van der Waals surface area contributed by atoms with Gasteiger partial charge in [-0.1, -0.05) is 85.7 Å². The largest absolute Gasteiger partial charge is 0.0749 e. The van der Waals surface area contributed by atoms with Gasteiger partial charge in [-0.05, 0) is 123 Å². The van der Waals surface area contributed by atoms with Crippen molar-refractivity contribution in [3.8, 4) is 0 Å². The lowest BCUT2D eigenvalue weighted by Gasteiger charge is -2.42. The fourth-order valence-corrected chi connectivity index (χ4v) is 7.31. The summed E-state index contributed by atoms with van der Waals surface area (Å²) in [6, 6.07) is 9.23. The Hall–Kier alpha value is -2.60. The van der Waals surface area contributed by atoms with Crippen molar-refractivity contribution in [2.75, 3.05) is 0 Å². The second kappa shape index (κ2) is 9.79. The molecule has 194 valence electrons. The number of allylic oxidation sites excluding steroid dienone is 8. The number of rotatable bonds is 4. The molecule has 0 amide bonds. The van der Waals surface area contributed by atoms with Gasteiger partial charge in [-0.15, -0.1) is 0 Å². The highest BCUT2D eigenvalue weighted by molar-refractivity contribution is 5.93. The van der Waals surface area contributed by atoms with E-state index in [1.807, 2.05) is 0 Å². The van der Waals surface area contributed by atoms with Crippen molar-refractivity contribution in [2.24, 2.45) is 5.41 Å². The third-order valence-corrected chi connectivity index (χ3v) is 8.81. The molecule has 2 fully saturated rings. The molecule has 39 heavy (non-hydrogen) atoms. The van der Waals surface area contributed by atoms with Crippen molar-refractivity contribution < 1.29 is 0 Å². The highest BCUT2D eigenvalue weighted by Gasteiger charge is 2.57. The molecule has 4 aliphatic carbocycles. The average Bonchev–Trinajstić information content (AvgIpc) is 3.50. The molecule has 0 atom stereocenters. The molecular weight excluding hydrogens is 468 g/mol. The fourth-order valence-electron chi connectivity index (χ4n) is 7.31. The zero-order valence-electron chi connectivity index (χ0n) is 24.6. The van der Waals surface area contributed by atoms with E-state index in [-0.39, 0.29) is 5.41 Å². The highest BCUT2D eigenvalue weighted by Crippen LogP contribution is 2.67. The first-order valence-electron chi connectivity index (χ1n) is 14.1. The van der Waals surface area contributed by atoms with E-state index >= 15 is 0 Å². The molecule has 0 heteroatoms. The molecule has 0 spiro atoms. The van der Waals surface area contributed by atoms with Crippen LogP contribution < -0.4 is 0 Å². The first-order valence-corrected chi connectivity index (χ1v) is 14.1. The summed E-state index contributed by atoms with van der Waals surface area (Å²) in [5.41, 5.74) is 13.2. The monoisotopic (exact) mass is 506 g/mol. The van der Waals surface area contributed by atoms with Gasteiger partial charge in [0.25, 0.3) is 0 Å². The van der Waals surface area contributed by atoms with E-state index in [2.05, 4.69) is 142 Å². The predicted octanol–water partition coefficient (Wildman–Crippen LogP) is 9.46. The minimum Gasteiger partial charge on any atom is -0.0749 e. The van der Waals surface area contributed by atoms with Crippen molar-refractivity contribution in [1.82, 2.24) is 0 Å². The summed E-state index contributed by atoms with van der Waals surface area (Å²) in [6.07, 6.45) is 23.2. The normalized spacial score (nSPS) is 21.4. The minimum absolute atomic E-state index is 0.143. The predicted molar refractivity (Wildman–Crippen MR) is 166 cm³/mol. The van der Waals surface area contributed by atoms with E-state index < -0.39 is 0 Å². The van der Waals surface area contributed by atoms with Crippen LogP contribution in [0.25, 0.3) is 11.1 Å². The second-order valence-corrected chi connectivity index (χ2v) is 12.2. The molecule has 2 aromatic rings. The molecule has 0 bridgehead atoms. The zero-order valence-corrected chi connectivity index (χ0v) is 24.6. The SMILES string of the molecule is Cc1cc(C)c(C2=C[C]3[C](C=C2)[C]2C=CC(c4c(C)cc(C)cc4C)=C[C]2[C]3C(C)(C)[C]2[CH][CH][CH][CH]2)c(C)c1. The van der Waals surface area contributed by atoms with Crippen LogP contribution in [0.5, 0.6) is 0 Å². The molecule has 10 radical (unpaired) electrons. The van der Waals surface area contributed by atoms with Crippen LogP contribution in [0.1, 0.15) is 58.4 Å². The van der Waals surface area contributed by atoms with E-state index in [0.717, 1.165) is 0 Å². The van der Waals surface area contributed by atoms with E-state index in [4.69, 9.17) is 0 Å². The molecule has 2 aromatic carbocycles. The standard InChI is InChI=1S/C39H38/c1-23-17-25(3)36(26(4)18-23)29-13-15-32-33-16-14-30(37-27(5)19-24(2)20-28(37)6)22-35(33)38(34(32)21-29)39(7,8)31-11-9-10-12-31/h9-22H,1-8H3. The molecule has 6 rings (SSSR count). The number of fused-ring (bicyclic) bond motifs is 3. The van der Waals surface area contributed by atoms with E-state index in [1.165, 1.54) is 91.2 Å². The molecule has 0 unspecified atom stereocenters. The Morgan fingerprint density at radius 1 is 0.487 bits per heavy atom. The minimum atomic E-state index is -0.143. The van der Waals surface area contributed by atoms with Gasteiger partial charge in [0.15, 0.2) is 0 Å². The van der Waals surface area contributed by atoms with E-state index in [9.17, 15) is 0 Å². The van der Waals surface area contributed by atoms with Gasteiger partial charge in [0, 0.05) is 29.6 Å². The molecule has 2 saturated carbocycles. The zero-order chi connectivity index (χ0) is 27.6. The lowest BCUT2D eigenvalue weighted by Crippen LogP contribution is -2.34. The lowest BCUT2D eigenvalue weighted by atomic mass is 9.60. The number of aryl methyl sites for hydroxylation is 6. The van der Waals surface area contributed by atoms with Crippen LogP contribution in [-0.4, -0.2) is 0 Å². The Labute approximate surface area is 238 Å². The Balaban J connectivity index is 1.47. The van der Waals surface area contributed by atoms with Crippen LogP contribution in [0.3, 0.4) is 0 Å². The smallest absolute Gasteiger partial charge is 0.0209 e. The third-order valence-electron chi connectivity index (χ3n) is 8.81. The summed E-state index contributed by atoms with van der Waals surface area (Å²) in [5, 5.41) is 0. The van der Waals surface area contributed by atoms with Crippen molar-refractivity contribution in [2.45, 2.75) is 55.4 Å². The topological polar surface area (TPSA) is 0 Å². The fraction of sp³-hybridized carbons (Fsp3) is 0.231. The summed E-state index contributed by atoms with van der Waals surface area (Å²) in [4.78, 5) is 0. The van der Waals surface area contributed by atoms with Crippen LogP contribution in [0, 0.1) is 108 Å². The maximum Gasteiger partial charge on any atom is 0.0209 e. The first-order chi connectivity index (χ1) is 18.6. The van der Waals surface area contributed by atoms with Gasteiger partial charge in [0.1, 0.15) is 0 Å². The van der Waals surface area contributed by atoms with Gasteiger partial charge in [-0.3, -0.25) is 0 Å². The van der Waals surface area contributed by atoms with Gasteiger partial charge >= 0.3 is 0 Å². The number of hydrogen-bond donors (Lipinski definition) is 0. The van der Waals surface area contributed by atoms with Gasteiger partial charge in [0.05, 0.1) is 0 Å². The third kappa shape index (κ3) is 4.43. The van der Waals surface area contributed by atoms with E-state index in [1.54, 1.807) is 0 Å². The Kier molecular flexibility index (Phi) is 6.68. The van der Waals surface area contributed by atoms with Gasteiger partial charge < -0.3 is 0 Å². The van der Waals surface area contributed by atoms with Gasteiger partial charge in [-0.25, -0.2) is 0 Å². The first kappa shape index (κ1) is 26.6. The van der Waals surface area contributed by atoms with Crippen LogP contribution in [-0.2, 0) is 0 Å². The number of benzene rings is 2. The maximum absolute atomic E-state index is 2.46. The van der Waals surface area contributed by atoms with Crippen molar-refractivity contribution in [3.63, 3.8) is 0 Å². The van der Waals surface area contributed by atoms with Crippen LogP contribution in [0.2, 0.25) is 0 Å². The summed E-state index contributed by atoms with van der Waals surface area (Å²) in [6.45, 7) is 18.1. The molecule has 0 aliphatic heterocycles. The highest BCUT2D eigenvalue weighted by atomic mass is 14.6. The number of hydrogen-bond acceptors (Lipinski definition) is 0. The summed E-state index contributed by atoms with van der Waals surface area (Å²) in [7, 11) is 0. The summed E-state index contributed by atoms with van der Waals surface area (Å²) < 4.78 is 0. The van der Waals surface area contributed by atoms with Crippen LogP contribution >= 0.6 is 0 Å². The molecular formula is C39H38. The molecule has 0 saturated heterocycles. The van der Waals surface area contributed by atoms with Gasteiger partial charge in [0.2, 0.25) is 0 Å². The van der Waals surface area contributed by atoms with Gasteiger partial charge in [-0.2, -0.15) is 0 Å². The van der Waals surface area contributed by atoms with Crippen LogP contribution in [0.4, 0.5) is 0 Å². The quantitative estimate of drug-likeness (QED) is 0.387.